The molecule has 2 aromatic carbocycles. The molecule has 286 valence electrons. The molecule has 0 unspecified atom stereocenters. The molecule has 0 aliphatic carbocycles. The van der Waals surface area contributed by atoms with Gasteiger partial charge >= 0.3 is 0 Å². The smallest absolute Gasteiger partial charge is 0.272 e. The number of H-pyrrole nitrogens is 1. The van der Waals surface area contributed by atoms with Crippen LogP contribution in [0.1, 0.15) is 55.1 Å². The zero-order chi connectivity index (χ0) is 38.9. The SMILES string of the molecule is Cc1ccc(-c2cc(C(=O)N[C@H]3Cc4ccc(cc4)OC[C@H](Cc4ccccc4)NC(=O)[C@@H](C(C)C)NC(=O)[C@H]([C@@H](C)O)NC(=O)[C@@H](C)NC3=O)n[nH]2)o1. The van der Waals surface area contributed by atoms with Gasteiger partial charge in [0.05, 0.1) is 12.1 Å². The van der Waals surface area contributed by atoms with Crippen molar-refractivity contribution in [3.8, 4) is 17.2 Å². The third-order valence-electron chi connectivity index (χ3n) is 8.99. The van der Waals surface area contributed by atoms with Crippen LogP contribution in [0, 0.1) is 12.8 Å². The van der Waals surface area contributed by atoms with E-state index >= 15 is 0 Å². The molecular formula is C39H47N7O8. The molecule has 5 amide bonds. The van der Waals surface area contributed by atoms with E-state index in [1.54, 1.807) is 57.2 Å². The summed E-state index contributed by atoms with van der Waals surface area (Å²) in [5.74, 6) is -2.05. The summed E-state index contributed by atoms with van der Waals surface area (Å²) in [5, 5.41) is 30.9. The molecule has 15 nitrogen and oxygen atoms in total. The number of furan rings is 1. The summed E-state index contributed by atoms with van der Waals surface area (Å²) in [6, 6.07) is 16.2. The Kier molecular flexibility index (Phi) is 12.9. The van der Waals surface area contributed by atoms with Crippen molar-refractivity contribution >= 4 is 29.5 Å². The van der Waals surface area contributed by atoms with Gasteiger partial charge in [-0.1, -0.05) is 56.3 Å². The Bertz CT molecular complexity index is 1920. The number of nitrogens with zero attached hydrogens (tertiary/aromatic N) is 1. The topological polar surface area (TPSA) is 217 Å². The molecule has 2 bridgehead atoms. The number of aromatic amines is 1. The van der Waals surface area contributed by atoms with Crippen LogP contribution in [0.5, 0.6) is 5.75 Å². The maximum atomic E-state index is 13.7. The summed E-state index contributed by atoms with van der Waals surface area (Å²) in [6.45, 7) is 8.14. The van der Waals surface area contributed by atoms with Gasteiger partial charge in [-0.3, -0.25) is 29.1 Å². The minimum absolute atomic E-state index is 0.00969. The summed E-state index contributed by atoms with van der Waals surface area (Å²) in [5.41, 5.74) is 2.11. The Morgan fingerprint density at radius 3 is 2.20 bits per heavy atom. The van der Waals surface area contributed by atoms with E-state index in [0.717, 1.165) is 5.56 Å². The quantitative estimate of drug-likeness (QED) is 0.138. The molecule has 15 heteroatoms. The van der Waals surface area contributed by atoms with Gasteiger partial charge in [-0.05, 0) is 68.5 Å². The number of amides is 5. The van der Waals surface area contributed by atoms with Crippen molar-refractivity contribution in [2.45, 2.75) is 83.8 Å². The van der Waals surface area contributed by atoms with E-state index in [1.165, 1.54) is 19.9 Å². The van der Waals surface area contributed by atoms with E-state index in [1.807, 2.05) is 30.3 Å². The zero-order valence-corrected chi connectivity index (χ0v) is 30.8. The van der Waals surface area contributed by atoms with Gasteiger partial charge in [-0.2, -0.15) is 5.10 Å². The Hall–Kier alpha value is -5.96. The molecule has 54 heavy (non-hydrogen) atoms. The average Bonchev–Trinajstić information content (AvgIpc) is 3.81. The van der Waals surface area contributed by atoms with Crippen LogP contribution in [0.4, 0.5) is 0 Å². The lowest BCUT2D eigenvalue weighted by molar-refractivity contribution is -0.136. The Balaban J connectivity index is 1.43. The number of carbonyl (C=O) groups excluding carboxylic acids is 5. The van der Waals surface area contributed by atoms with Crippen molar-refractivity contribution in [2.75, 3.05) is 6.61 Å². The Morgan fingerprint density at radius 2 is 1.56 bits per heavy atom. The molecule has 6 atom stereocenters. The fourth-order valence-electron chi connectivity index (χ4n) is 5.92. The van der Waals surface area contributed by atoms with E-state index < -0.39 is 65.8 Å². The largest absolute Gasteiger partial charge is 0.491 e. The highest BCUT2D eigenvalue weighted by atomic mass is 16.5. The fourth-order valence-corrected chi connectivity index (χ4v) is 5.92. The van der Waals surface area contributed by atoms with Crippen LogP contribution < -0.4 is 31.3 Å². The maximum Gasteiger partial charge on any atom is 0.272 e. The molecule has 0 saturated heterocycles. The number of ether oxygens (including phenoxy) is 1. The van der Waals surface area contributed by atoms with Gasteiger partial charge < -0.3 is 40.8 Å². The van der Waals surface area contributed by atoms with Gasteiger partial charge in [0.15, 0.2) is 11.5 Å². The van der Waals surface area contributed by atoms with Crippen molar-refractivity contribution < 1.29 is 38.2 Å². The first-order chi connectivity index (χ1) is 25.8. The number of hydrogen-bond acceptors (Lipinski definition) is 9. The number of hydrogen-bond donors (Lipinski definition) is 7. The van der Waals surface area contributed by atoms with Crippen molar-refractivity contribution in [2.24, 2.45) is 5.92 Å². The van der Waals surface area contributed by atoms with E-state index in [9.17, 15) is 29.1 Å². The molecule has 2 aliphatic heterocycles. The van der Waals surface area contributed by atoms with E-state index in [0.29, 0.717) is 34.9 Å². The highest BCUT2D eigenvalue weighted by molar-refractivity contribution is 5.98. The van der Waals surface area contributed by atoms with Crippen molar-refractivity contribution in [1.29, 1.82) is 0 Å². The minimum atomic E-state index is -1.46. The van der Waals surface area contributed by atoms with Crippen LogP contribution in [0.15, 0.2) is 77.2 Å². The molecule has 2 aliphatic rings. The lowest BCUT2D eigenvalue weighted by Gasteiger charge is -2.29. The minimum Gasteiger partial charge on any atom is -0.491 e. The second-order valence-corrected chi connectivity index (χ2v) is 13.8. The van der Waals surface area contributed by atoms with E-state index in [4.69, 9.17) is 9.15 Å². The first kappa shape index (κ1) is 39.3. The number of aliphatic hydroxyl groups excluding tert-OH is 1. The van der Waals surface area contributed by atoms with Gasteiger partial charge in [0, 0.05) is 12.5 Å². The first-order valence-electron chi connectivity index (χ1n) is 17.9. The number of aryl methyl sites for hydroxylation is 1. The second-order valence-electron chi connectivity index (χ2n) is 13.8. The molecule has 0 radical (unpaired) electrons. The number of aromatic nitrogens is 2. The van der Waals surface area contributed by atoms with Crippen molar-refractivity contribution in [3.05, 3.63) is 95.4 Å². The molecule has 0 fully saturated rings. The van der Waals surface area contributed by atoms with Crippen LogP contribution in [0.25, 0.3) is 11.5 Å². The molecule has 6 rings (SSSR count). The van der Waals surface area contributed by atoms with E-state index in [2.05, 4.69) is 36.8 Å². The summed E-state index contributed by atoms with van der Waals surface area (Å²) in [7, 11) is 0. The van der Waals surface area contributed by atoms with Crippen molar-refractivity contribution in [3.63, 3.8) is 0 Å². The van der Waals surface area contributed by atoms with Crippen LogP contribution >= 0.6 is 0 Å². The third-order valence-corrected chi connectivity index (χ3v) is 8.99. The third kappa shape index (κ3) is 10.3. The number of carbonyl (C=O) groups is 5. The number of aliphatic hydroxyl groups is 1. The van der Waals surface area contributed by atoms with Gasteiger partial charge in [-0.25, -0.2) is 0 Å². The van der Waals surface area contributed by atoms with Crippen LogP contribution in [0.2, 0.25) is 0 Å². The molecule has 0 saturated carbocycles. The normalized spacial score (nSPS) is 22.3. The number of fused-ring (bicyclic) bond motifs is 17. The molecule has 7 N–H and O–H groups in total. The van der Waals surface area contributed by atoms with Crippen LogP contribution in [-0.2, 0) is 32.0 Å². The second kappa shape index (κ2) is 17.7. The first-order valence-corrected chi connectivity index (χ1v) is 17.9. The van der Waals surface area contributed by atoms with Gasteiger partial charge in [0.1, 0.15) is 48.0 Å². The summed E-state index contributed by atoms with van der Waals surface area (Å²) in [6.07, 6.45) is -0.894. The summed E-state index contributed by atoms with van der Waals surface area (Å²) < 4.78 is 11.7. The monoisotopic (exact) mass is 741 g/mol. The number of rotatable bonds is 7. The lowest BCUT2D eigenvalue weighted by atomic mass is 10.0. The molecule has 4 aromatic rings. The summed E-state index contributed by atoms with van der Waals surface area (Å²) in [4.78, 5) is 67.7. The maximum absolute atomic E-state index is 13.7. The predicted octanol–water partition coefficient (Wildman–Crippen LogP) is 1.95. The predicted molar refractivity (Wildman–Crippen MR) is 198 cm³/mol. The molecule has 2 aromatic heterocycles. The number of benzene rings is 2. The van der Waals surface area contributed by atoms with Crippen molar-refractivity contribution in [1.82, 2.24) is 36.8 Å². The Labute approximate surface area is 313 Å². The van der Waals surface area contributed by atoms with Crippen LogP contribution in [-0.4, -0.2) is 87.8 Å². The number of nitrogens with one attached hydrogen (secondary N) is 6. The van der Waals surface area contributed by atoms with Crippen LogP contribution in [0.3, 0.4) is 0 Å². The van der Waals surface area contributed by atoms with Gasteiger partial charge in [0.25, 0.3) is 5.91 Å². The summed E-state index contributed by atoms with van der Waals surface area (Å²) >= 11 is 0. The van der Waals surface area contributed by atoms with E-state index in [-0.39, 0.29) is 24.6 Å². The average molecular weight is 742 g/mol. The standard InChI is InChI=1S/C39H47N7O8/c1-21(2)33-38(51)41-27(17-25-9-7-6-8-10-25)20-53-28-14-12-26(13-15-28)18-30(36(49)40-23(4)35(48)44-34(24(5)47)39(52)43-33)42-37(50)31-19-29(45-46-31)32-16-11-22(3)54-32/h6-16,19,21,23-24,27,30,33-34,47H,17-18,20H2,1-5H3,(H,40,49)(H,41,51)(H,42,50)(H,43,52)(H,44,48)(H,45,46)/t23-,24-,27+,30+,33-,34+/m1/s1. The highest BCUT2D eigenvalue weighted by Gasteiger charge is 2.34. The van der Waals surface area contributed by atoms with Gasteiger partial charge in [0.2, 0.25) is 23.6 Å². The molecular weight excluding hydrogens is 694 g/mol. The fraction of sp³-hybridized carbons (Fsp3) is 0.385. The highest BCUT2D eigenvalue weighted by Crippen LogP contribution is 2.21. The van der Waals surface area contributed by atoms with Gasteiger partial charge in [-0.15, -0.1) is 0 Å². The molecule has 0 spiro atoms. The zero-order valence-electron chi connectivity index (χ0n) is 30.8. The lowest BCUT2D eigenvalue weighted by Crippen LogP contribution is -2.61. The molecule has 4 heterocycles. The Morgan fingerprint density at radius 1 is 0.870 bits per heavy atom.